The lowest BCUT2D eigenvalue weighted by Gasteiger charge is -2.32. The molecule has 0 aliphatic carbocycles. The van der Waals surface area contributed by atoms with Gasteiger partial charge in [-0.15, -0.1) is 0 Å². The predicted octanol–water partition coefficient (Wildman–Crippen LogP) is -0.660. The minimum absolute atomic E-state index is 0.0876. The van der Waals surface area contributed by atoms with Crippen LogP contribution >= 0.6 is 0 Å². The lowest BCUT2D eigenvalue weighted by molar-refractivity contribution is 0.211. The van der Waals surface area contributed by atoms with Crippen molar-refractivity contribution in [3.05, 3.63) is 0 Å². The summed E-state index contributed by atoms with van der Waals surface area (Å²) in [5.41, 5.74) is 5.52. The molecule has 0 aromatic heterocycles. The number of nitrogens with one attached hydrogen (secondary N) is 1. The van der Waals surface area contributed by atoms with Crippen LogP contribution in [0.25, 0.3) is 0 Å². The molecule has 0 amide bonds. The molecule has 7 heteroatoms. The molecule has 2 aliphatic heterocycles. The third-order valence-corrected chi connectivity index (χ3v) is 5.43. The Bertz CT molecular complexity index is 346. The van der Waals surface area contributed by atoms with Gasteiger partial charge in [0.1, 0.15) is 0 Å². The lowest BCUT2D eigenvalue weighted by atomic mass is 10.1. The van der Waals surface area contributed by atoms with E-state index in [0.29, 0.717) is 19.6 Å². The van der Waals surface area contributed by atoms with E-state index in [1.165, 1.54) is 0 Å². The number of likely N-dealkylation sites (tertiary alicyclic amines) is 1. The second-order valence-corrected chi connectivity index (χ2v) is 6.84. The zero-order valence-corrected chi connectivity index (χ0v) is 11.7. The molecule has 6 nitrogen and oxygen atoms in total. The Morgan fingerprint density at radius 3 is 2.28 bits per heavy atom. The Hall–Kier alpha value is -0.210. The molecule has 0 spiro atoms. The van der Waals surface area contributed by atoms with Gasteiger partial charge in [0.2, 0.25) is 0 Å². The van der Waals surface area contributed by atoms with Crippen molar-refractivity contribution in [3.63, 3.8) is 0 Å². The number of nitrogens with two attached hydrogens (primary N) is 1. The summed E-state index contributed by atoms with van der Waals surface area (Å²) in [6, 6.07) is 0.0876. The van der Waals surface area contributed by atoms with Crippen LogP contribution in [-0.2, 0) is 10.2 Å². The van der Waals surface area contributed by atoms with E-state index in [1.807, 2.05) is 0 Å². The second-order valence-electron chi connectivity index (χ2n) is 5.13. The van der Waals surface area contributed by atoms with Crippen LogP contribution in [0, 0.1) is 0 Å². The fourth-order valence-electron chi connectivity index (χ4n) is 2.67. The third-order valence-electron chi connectivity index (χ3n) is 3.75. The van der Waals surface area contributed by atoms with Gasteiger partial charge in [-0.25, -0.2) is 0 Å². The molecule has 2 heterocycles. The zero-order valence-electron chi connectivity index (χ0n) is 10.8. The molecule has 2 rings (SSSR count). The second kappa shape index (κ2) is 6.29. The highest BCUT2D eigenvalue weighted by molar-refractivity contribution is 7.87. The van der Waals surface area contributed by atoms with Gasteiger partial charge in [-0.1, -0.05) is 0 Å². The first-order valence-electron chi connectivity index (χ1n) is 6.81. The number of nitrogens with zero attached hydrogens (tertiary/aromatic N) is 2. The van der Waals surface area contributed by atoms with Crippen LogP contribution in [0.4, 0.5) is 0 Å². The summed E-state index contributed by atoms with van der Waals surface area (Å²) in [5, 5.41) is 0. The highest BCUT2D eigenvalue weighted by Crippen LogP contribution is 2.15. The van der Waals surface area contributed by atoms with Crippen LogP contribution in [0.1, 0.15) is 25.7 Å². The number of rotatable bonds is 5. The molecular weight excluding hydrogens is 252 g/mol. The maximum atomic E-state index is 12.1. The van der Waals surface area contributed by atoms with Crippen molar-refractivity contribution in [1.82, 2.24) is 13.9 Å². The van der Waals surface area contributed by atoms with Crippen molar-refractivity contribution in [1.29, 1.82) is 0 Å². The molecule has 0 unspecified atom stereocenters. The van der Waals surface area contributed by atoms with E-state index in [1.54, 1.807) is 4.31 Å². The van der Waals surface area contributed by atoms with E-state index in [2.05, 4.69) is 9.62 Å². The molecule has 2 saturated heterocycles. The van der Waals surface area contributed by atoms with Crippen LogP contribution in [0.5, 0.6) is 0 Å². The van der Waals surface area contributed by atoms with Crippen molar-refractivity contribution in [2.75, 3.05) is 39.3 Å². The SMILES string of the molecule is NCCN1CCC(NS(=O)(=O)N2CCCC2)CC1. The first-order chi connectivity index (χ1) is 8.62. The summed E-state index contributed by atoms with van der Waals surface area (Å²) >= 11 is 0. The maximum Gasteiger partial charge on any atom is 0.279 e. The lowest BCUT2D eigenvalue weighted by Crippen LogP contribution is -2.49. The summed E-state index contributed by atoms with van der Waals surface area (Å²) in [7, 11) is -3.25. The summed E-state index contributed by atoms with van der Waals surface area (Å²) in [5.74, 6) is 0. The van der Waals surface area contributed by atoms with Gasteiger partial charge in [0.05, 0.1) is 0 Å². The molecule has 18 heavy (non-hydrogen) atoms. The van der Waals surface area contributed by atoms with E-state index in [9.17, 15) is 8.42 Å². The van der Waals surface area contributed by atoms with Gasteiger partial charge < -0.3 is 10.6 Å². The summed E-state index contributed by atoms with van der Waals surface area (Å²) in [6.45, 7) is 4.78. The molecular formula is C11H24N4O2S. The average Bonchev–Trinajstić information content (AvgIpc) is 2.86. The van der Waals surface area contributed by atoms with Crippen LogP contribution < -0.4 is 10.5 Å². The summed E-state index contributed by atoms with van der Waals surface area (Å²) in [4.78, 5) is 2.29. The normalized spacial score (nSPS) is 24.7. The first kappa shape index (κ1) is 14.2. The molecule has 0 bridgehead atoms. The monoisotopic (exact) mass is 276 g/mol. The van der Waals surface area contributed by atoms with Crippen molar-refractivity contribution in [2.24, 2.45) is 5.73 Å². The molecule has 0 aromatic carbocycles. The summed E-state index contributed by atoms with van der Waals surface area (Å²) in [6.07, 6.45) is 3.73. The van der Waals surface area contributed by atoms with Crippen molar-refractivity contribution < 1.29 is 8.42 Å². The van der Waals surface area contributed by atoms with Gasteiger partial charge in [0.25, 0.3) is 10.2 Å². The highest BCUT2D eigenvalue weighted by Gasteiger charge is 2.29. The molecule has 0 atom stereocenters. The Labute approximate surface area is 110 Å². The van der Waals surface area contributed by atoms with Gasteiger partial charge in [-0.3, -0.25) is 0 Å². The Kier molecular flexibility index (Phi) is 4.97. The minimum atomic E-state index is -3.25. The van der Waals surface area contributed by atoms with Gasteiger partial charge in [0.15, 0.2) is 0 Å². The van der Waals surface area contributed by atoms with Gasteiger partial charge >= 0.3 is 0 Å². The fourth-order valence-corrected chi connectivity index (χ4v) is 4.22. The number of hydrogen-bond acceptors (Lipinski definition) is 4. The van der Waals surface area contributed by atoms with Crippen LogP contribution in [0.2, 0.25) is 0 Å². The van der Waals surface area contributed by atoms with E-state index >= 15 is 0 Å². The van der Waals surface area contributed by atoms with Crippen LogP contribution in [-0.4, -0.2) is 62.9 Å². The number of piperidine rings is 1. The molecule has 0 radical (unpaired) electrons. The van der Waals surface area contributed by atoms with E-state index < -0.39 is 10.2 Å². The van der Waals surface area contributed by atoms with E-state index in [4.69, 9.17) is 5.73 Å². The van der Waals surface area contributed by atoms with Gasteiger partial charge in [0, 0.05) is 32.2 Å². The molecule has 3 N–H and O–H groups in total. The third kappa shape index (κ3) is 3.64. The van der Waals surface area contributed by atoms with Crippen molar-refractivity contribution in [2.45, 2.75) is 31.7 Å². The average molecular weight is 276 g/mol. The minimum Gasteiger partial charge on any atom is -0.329 e. The van der Waals surface area contributed by atoms with Crippen LogP contribution in [0.15, 0.2) is 0 Å². The maximum absolute atomic E-state index is 12.1. The smallest absolute Gasteiger partial charge is 0.279 e. The predicted molar refractivity (Wildman–Crippen MR) is 71.4 cm³/mol. The Balaban J connectivity index is 1.80. The Morgan fingerprint density at radius 2 is 1.72 bits per heavy atom. The van der Waals surface area contributed by atoms with Gasteiger partial charge in [-0.2, -0.15) is 17.4 Å². The Morgan fingerprint density at radius 1 is 1.11 bits per heavy atom. The first-order valence-corrected chi connectivity index (χ1v) is 8.25. The molecule has 2 aliphatic rings. The standard InChI is InChI=1S/C11H24N4O2S/c12-5-10-14-8-3-11(4-9-14)13-18(16,17)15-6-1-2-7-15/h11,13H,1-10,12H2. The zero-order chi connectivity index (χ0) is 13.0. The number of hydrogen-bond donors (Lipinski definition) is 2. The van der Waals surface area contributed by atoms with Crippen molar-refractivity contribution >= 4 is 10.2 Å². The molecule has 106 valence electrons. The van der Waals surface area contributed by atoms with E-state index in [-0.39, 0.29) is 6.04 Å². The highest BCUT2D eigenvalue weighted by atomic mass is 32.2. The largest absolute Gasteiger partial charge is 0.329 e. The fraction of sp³-hybridized carbons (Fsp3) is 1.00. The van der Waals surface area contributed by atoms with Gasteiger partial charge in [-0.05, 0) is 38.8 Å². The summed E-state index contributed by atoms with van der Waals surface area (Å²) < 4.78 is 28.6. The van der Waals surface area contributed by atoms with Crippen LogP contribution in [0.3, 0.4) is 0 Å². The molecule has 0 aromatic rings. The molecule has 2 fully saturated rings. The van der Waals surface area contributed by atoms with Crippen molar-refractivity contribution in [3.8, 4) is 0 Å². The topological polar surface area (TPSA) is 78.7 Å². The molecule has 0 saturated carbocycles. The quantitative estimate of drug-likeness (QED) is 0.699. The van der Waals surface area contributed by atoms with E-state index in [0.717, 1.165) is 45.3 Å².